The first kappa shape index (κ1) is 23.4. The van der Waals surface area contributed by atoms with Gasteiger partial charge in [-0.25, -0.2) is 4.39 Å². The van der Waals surface area contributed by atoms with Gasteiger partial charge >= 0.3 is 0 Å². The number of carbonyl (C=O) groups excluding carboxylic acids is 2. The lowest BCUT2D eigenvalue weighted by atomic mass is 9.75. The van der Waals surface area contributed by atoms with E-state index >= 15 is 4.39 Å². The molecule has 2 amide bonds. The Morgan fingerprint density at radius 3 is 2.60 bits per heavy atom. The monoisotopic (exact) mass is 491 g/mol. The average Bonchev–Trinajstić information content (AvgIpc) is 3.41. The van der Waals surface area contributed by atoms with Gasteiger partial charge in [0.15, 0.2) is 5.11 Å². The van der Waals surface area contributed by atoms with Gasteiger partial charge in [0.25, 0.3) is 17.6 Å². The van der Waals surface area contributed by atoms with Crippen molar-refractivity contribution in [1.82, 2.24) is 10.3 Å². The van der Waals surface area contributed by atoms with E-state index in [1.807, 2.05) is 0 Å². The summed E-state index contributed by atoms with van der Waals surface area (Å²) in [5.41, 5.74) is 0.688. The van der Waals surface area contributed by atoms with Gasteiger partial charge in [-0.05, 0) is 87.0 Å². The van der Waals surface area contributed by atoms with Gasteiger partial charge in [-0.2, -0.15) is 0 Å². The minimum atomic E-state index is -0.873. The molecule has 3 fully saturated rings. The maximum atomic E-state index is 15.1. The summed E-state index contributed by atoms with van der Waals surface area (Å²) in [5, 5.41) is 3.10. The summed E-state index contributed by atoms with van der Waals surface area (Å²) in [6.45, 7) is 9.53. The van der Waals surface area contributed by atoms with E-state index < -0.39 is 17.3 Å². The quantitative estimate of drug-likeness (QED) is 0.468. The van der Waals surface area contributed by atoms with Crippen molar-refractivity contribution in [2.75, 3.05) is 16.3 Å². The molecule has 2 heterocycles. The second kappa shape index (κ2) is 9.00. The fourth-order valence-electron chi connectivity index (χ4n) is 5.37. The van der Waals surface area contributed by atoms with Gasteiger partial charge in [-0.1, -0.05) is 19.4 Å². The molecule has 2 saturated carbocycles. The van der Waals surface area contributed by atoms with Crippen LogP contribution in [-0.4, -0.2) is 34.0 Å². The summed E-state index contributed by atoms with van der Waals surface area (Å²) < 4.78 is 15.1. The molecule has 1 aromatic heterocycles. The number of nitrogens with one attached hydrogen (secondary N) is 1. The normalized spacial score (nSPS) is 19.2. The summed E-state index contributed by atoms with van der Waals surface area (Å²) in [6, 6.07) is 6.13. The summed E-state index contributed by atoms with van der Waals surface area (Å²) >= 11 is 5.73. The fourth-order valence-corrected chi connectivity index (χ4v) is 5.84. The van der Waals surface area contributed by atoms with Gasteiger partial charge in [0.05, 0.1) is 11.3 Å². The van der Waals surface area contributed by atoms with E-state index in [4.69, 9.17) is 18.8 Å². The Morgan fingerprint density at radius 2 is 2.00 bits per heavy atom. The van der Waals surface area contributed by atoms with Gasteiger partial charge < -0.3 is 15.1 Å². The number of hydrogen-bond acceptors (Lipinski definition) is 4. The third-order valence-corrected chi connectivity index (χ3v) is 7.84. The Bertz CT molecular complexity index is 1260. The number of halogens is 1. The minimum absolute atomic E-state index is 0.0164. The number of rotatable bonds is 5. The number of anilines is 2. The van der Waals surface area contributed by atoms with E-state index in [-0.39, 0.29) is 22.4 Å². The van der Waals surface area contributed by atoms with Crippen molar-refractivity contribution in [3.05, 3.63) is 58.8 Å². The molecule has 35 heavy (non-hydrogen) atoms. The molecule has 0 radical (unpaired) electrons. The van der Waals surface area contributed by atoms with E-state index in [2.05, 4.69) is 15.1 Å². The highest BCUT2D eigenvalue weighted by atomic mass is 32.1. The topological polar surface area (TPSA) is 69.9 Å². The van der Waals surface area contributed by atoms with Crippen LogP contribution in [0.25, 0.3) is 4.85 Å². The third kappa shape index (κ3) is 3.86. The van der Waals surface area contributed by atoms with Crippen LogP contribution in [0.5, 0.6) is 0 Å². The van der Waals surface area contributed by atoms with Crippen LogP contribution in [0.15, 0.2) is 30.5 Å². The zero-order valence-electron chi connectivity index (χ0n) is 19.5. The number of hydrogen-bond donors (Lipinski definition) is 1. The SMILES string of the molecule is [C-]#[N+]c1ncc(N2C(=O)C3(CCC3)N(c3ccc(C(=O)NCC4CCCC4)c(F)c3)C2=S)cc1C. The molecule has 0 bridgehead atoms. The smallest absolute Gasteiger partial charge is 0.272 e. The molecule has 7 nitrogen and oxygen atoms in total. The molecule has 180 valence electrons. The highest BCUT2D eigenvalue weighted by molar-refractivity contribution is 7.81. The Hall–Kier alpha value is -3.38. The summed E-state index contributed by atoms with van der Waals surface area (Å²) in [4.78, 5) is 36.9. The largest absolute Gasteiger partial charge is 0.360 e. The molecule has 2 aliphatic carbocycles. The van der Waals surface area contributed by atoms with Crippen molar-refractivity contribution in [1.29, 1.82) is 0 Å². The Balaban J connectivity index is 1.42. The van der Waals surface area contributed by atoms with E-state index in [9.17, 15) is 9.59 Å². The molecule has 1 aliphatic heterocycles. The van der Waals surface area contributed by atoms with Crippen LogP contribution in [0.1, 0.15) is 60.9 Å². The molecule has 2 aromatic rings. The van der Waals surface area contributed by atoms with E-state index in [0.717, 1.165) is 19.3 Å². The molecule has 0 unspecified atom stereocenters. The lowest BCUT2D eigenvalue weighted by Crippen LogP contribution is -2.55. The highest BCUT2D eigenvalue weighted by Gasteiger charge is 2.59. The molecule has 9 heteroatoms. The van der Waals surface area contributed by atoms with Crippen molar-refractivity contribution in [3.8, 4) is 0 Å². The standard InChI is InChI=1S/C26H26FN5O2S/c1-16-12-19(15-29-22(16)28-2)31-24(34)26(10-5-11-26)32(25(31)35)18-8-9-20(21(27)13-18)23(33)30-14-17-6-3-4-7-17/h8-9,12-13,15,17H,3-7,10-11,14H2,1H3,(H,30,33). The van der Waals surface area contributed by atoms with Gasteiger partial charge in [0, 0.05) is 12.2 Å². The molecule has 5 rings (SSSR count). The van der Waals surface area contributed by atoms with Crippen LogP contribution in [0.3, 0.4) is 0 Å². The van der Waals surface area contributed by atoms with E-state index in [1.165, 1.54) is 36.1 Å². The zero-order valence-corrected chi connectivity index (χ0v) is 20.3. The maximum absolute atomic E-state index is 15.1. The first-order valence-corrected chi connectivity index (χ1v) is 12.4. The second-order valence-electron chi connectivity index (χ2n) is 9.61. The molecule has 1 spiro atoms. The first-order chi connectivity index (χ1) is 16.9. The summed E-state index contributed by atoms with van der Waals surface area (Å²) in [6.07, 6.45) is 8.06. The maximum Gasteiger partial charge on any atom is 0.272 e. The predicted octanol–water partition coefficient (Wildman–Crippen LogP) is 5.06. The van der Waals surface area contributed by atoms with Gasteiger partial charge in [0.1, 0.15) is 17.6 Å². The van der Waals surface area contributed by atoms with Crippen LogP contribution in [0.2, 0.25) is 0 Å². The van der Waals surface area contributed by atoms with Crippen molar-refractivity contribution in [2.24, 2.45) is 5.92 Å². The van der Waals surface area contributed by atoms with Crippen molar-refractivity contribution in [2.45, 2.75) is 57.4 Å². The number of benzene rings is 1. The Labute approximate surface area is 209 Å². The van der Waals surface area contributed by atoms with E-state index in [1.54, 1.807) is 24.0 Å². The number of aryl methyl sites for hydroxylation is 1. The Morgan fingerprint density at radius 1 is 1.26 bits per heavy atom. The van der Waals surface area contributed by atoms with Crippen molar-refractivity contribution >= 4 is 46.3 Å². The average molecular weight is 492 g/mol. The molecular formula is C26H26FN5O2S. The lowest BCUT2D eigenvalue weighted by molar-refractivity contribution is -0.123. The molecule has 1 saturated heterocycles. The molecule has 3 aliphatic rings. The third-order valence-electron chi connectivity index (χ3n) is 7.47. The lowest BCUT2D eigenvalue weighted by Gasteiger charge is -2.43. The van der Waals surface area contributed by atoms with Gasteiger partial charge in [0.2, 0.25) is 0 Å². The Kier molecular flexibility index (Phi) is 6.01. The van der Waals surface area contributed by atoms with Gasteiger partial charge in [-0.15, -0.1) is 4.98 Å². The van der Waals surface area contributed by atoms with Crippen LogP contribution >= 0.6 is 12.2 Å². The van der Waals surface area contributed by atoms with Gasteiger partial charge in [-0.3, -0.25) is 14.5 Å². The summed E-state index contributed by atoms with van der Waals surface area (Å²) in [7, 11) is 0. The molecule has 1 aromatic carbocycles. The molecule has 0 atom stereocenters. The molecular weight excluding hydrogens is 465 g/mol. The number of nitrogens with zero attached hydrogens (tertiary/aromatic N) is 4. The molecule has 1 N–H and O–H groups in total. The zero-order chi connectivity index (χ0) is 24.7. The van der Waals surface area contributed by atoms with Crippen molar-refractivity contribution < 1.29 is 14.0 Å². The number of thiocarbonyl (C=S) groups is 1. The second-order valence-corrected chi connectivity index (χ2v) is 9.98. The fraction of sp³-hybridized carbons (Fsp3) is 0.423. The number of aromatic nitrogens is 1. The predicted molar refractivity (Wildman–Crippen MR) is 135 cm³/mol. The van der Waals surface area contributed by atoms with Crippen LogP contribution < -0.4 is 15.1 Å². The van der Waals surface area contributed by atoms with Crippen LogP contribution in [0.4, 0.5) is 21.6 Å². The highest BCUT2D eigenvalue weighted by Crippen LogP contribution is 2.48. The van der Waals surface area contributed by atoms with Crippen LogP contribution in [0, 0.1) is 25.2 Å². The number of carbonyl (C=O) groups is 2. The summed E-state index contributed by atoms with van der Waals surface area (Å²) in [5.74, 6) is -0.522. The van der Waals surface area contributed by atoms with Crippen LogP contribution in [-0.2, 0) is 4.79 Å². The minimum Gasteiger partial charge on any atom is -0.360 e. The number of amides is 2. The van der Waals surface area contributed by atoms with Crippen molar-refractivity contribution in [3.63, 3.8) is 0 Å². The van der Waals surface area contributed by atoms with E-state index in [0.29, 0.717) is 42.2 Å². The number of pyridine rings is 1. The first-order valence-electron chi connectivity index (χ1n) is 12.0.